The van der Waals surface area contributed by atoms with E-state index in [1.54, 1.807) is 25.3 Å². The Hall–Kier alpha value is -3.98. The second-order valence-electron chi connectivity index (χ2n) is 7.01. The number of nitrogens with zero attached hydrogens (tertiary/aromatic N) is 1. The van der Waals surface area contributed by atoms with Gasteiger partial charge in [0.25, 0.3) is 5.56 Å². The second-order valence-corrected chi connectivity index (χ2v) is 7.39. The average Bonchev–Trinajstić information content (AvgIpc) is 3.16. The van der Waals surface area contributed by atoms with E-state index in [1.165, 1.54) is 0 Å². The van der Waals surface area contributed by atoms with Gasteiger partial charge in [0, 0.05) is 23.6 Å². The van der Waals surface area contributed by atoms with Gasteiger partial charge in [0.15, 0.2) is 0 Å². The molecule has 0 bridgehead atoms. The smallest absolute Gasteiger partial charge is 0.315 e. The first kappa shape index (κ1) is 21.3. The average molecular weight is 454 g/mol. The summed E-state index contributed by atoms with van der Waals surface area (Å²) < 4.78 is 5.17. The molecular formula is C22H20ClN5O4. The van der Waals surface area contributed by atoms with Gasteiger partial charge in [-0.25, -0.2) is 9.78 Å². The summed E-state index contributed by atoms with van der Waals surface area (Å²) >= 11 is 6.30. The van der Waals surface area contributed by atoms with Crippen LogP contribution in [0.25, 0.3) is 22.2 Å². The predicted octanol–water partition coefficient (Wildman–Crippen LogP) is 3.29. The zero-order valence-corrected chi connectivity index (χ0v) is 17.8. The van der Waals surface area contributed by atoms with Gasteiger partial charge in [-0.05, 0) is 29.8 Å². The Morgan fingerprint density at radius 1 is 1.12 bits per heavy atom. The molecule has 164 valence electrons. The molecule has 0 atom stereocenters. The molecule has 0 radical (unpaired) electrons. The Balaban J connectivity index is 1.42. The van der Waals surface area contributed by atoms with E-state index in [0.29, 0.717) is 39.7 Å². The Morgan fingerprint density at radius 2 is 1.94 bits per heavy atom. The molecule has 0 aliphatic carbocycles. The standard InChI is InChI=1S/C22H20ClN5O4/c1-32-14-4-2-3-12(7-14)10-24-22(31)25-11-18-27-20(21(23)28-18)13-5-6-16-15(8-13)17(29)9-19(30)26-16/h2-9H,10-11H2,1H3,(H,27,28)(H2,24,25,31)(H2,26,29,30). The largest absolute Gasteiger partial charge is 0.507 e. The van der Waals surface area contributed by atoms with Crippen LogP contribution in [0.5, 0.6) is 11.5 Å². The number of rotatable bonds is 6. The summed E-state index contributed by atoms with van der Waals surface area (Å²) in [4.78, 5) is 33.7. The maximum atomic E-state index is 12.1. The number of nitrogens with one attached hydrogen (secondary N) is 4. The molecule has 0 aliphatic heterocycles. The fraction of sp³-hybridized carbons (Fsp3) is 0.136. The molecule has 10 heteroatoms. The van der Waals surface area contributed by atoms with Crippen LogP contribution in [0.3, 0.4) is 0 Å². The molecule has 32 heavy (non-hydrogen) atoms. The number of H-pyrrole nitrogens is 2. The Kier molecular flexibility index (Phi) is 6.00. The highest BCUT2D eigenvalue weighted by Gasteiger charge is 2.13. The number of methoxy groups -OCH3 is 1. The number of aromatic nitrogens is 3. The van der Waals surface area contributed by atoms with E-state index >= 15 is 0 Å². The van der Waals surface area contributed by atoms with Crippen LogP contribution in [0.2, 0.25) is 5.15 Å². The van der Waals surface area contributed by atoms with Crippen molar-refractivity contribution in [3.05, 3.63) is 75.4 Å². The SMILES string of the molecule is COc1cccc(CNC(=O)NCc2nc(-c3ccc4[nH]c(=O)cc(O)c4c3)c(Cl)[nH]2)c1. The first-order chi connectivity index (χ1) is 15.4. The van der Waals surface area contributed by atoms with Crippen molar-refractivity contribution >= 4 is 28.5 Å². The molecule has 9 nitrogen and oxygen atoms in total. The van der Waals surface area contributed by atoms with Gasteiger partial charge in [0.05, 0.1) is 19.2 Å². The number of benzene rings is 2. The molecular weight excluding hydrogens is 434 g/mol. The number of pyridine rings is 1. The number of amides is 2. The van der Waals surface area contributed by atoms with Crippen LogP contribution in [0, 0.1) is 0 Å². The number of halogens is 1. The number of hydrogen-bond acceptors (Lipinski definition) is 5. The van der Waals surface area contributed by atoms with Crippen LogP contribution in [-0.4, -0.2) is 33.2 Å². The third-order valence-electron chi connectivity index (χ3n) is 4.81. The number of imidazole rings is 1. The molecule has 5 N–H and O–H groups in total. The number of aromatic hydroxyl groups is 1. The van der Waals surface area contributed by atoms with Crippen molar-refractivity contribution in [1.82, 2.24) is 25.6 Å². The summed E-state index contributed by atoms with van der Waals surface area (Å²) in [5.74, 6) is 1.05. The monoisotopic (exact) mass is 453 g/mol. The van der Waals surface area contributed by atoms with Crippen molar-refractivity contribution < 1.29 is 14.6 Å². The number of hydrogen-bond donors (Lipinski definition) is 5. The molecule has 2 amide bonds. The van der Waals surface area contributed by atoms with Gasteiger partial charge < -0.3 is 30.4 Å². The van der Waals surface area contributed by atoms with E-state index < -0.39 is 5.56 Å². The highest BCUT2D eigenvalue weighted by atomic mass is 35.5. The molecule has 2 heterocycles. The normalized spacial score (nSPS) is 10.8. The van der Waals surface area contributed by atoms with Gasteiger partial charge in [-0.3, -0.25) is 4.79 Å². The lowest BCUT2D eigenvalue weighted by molar-refractivity contribution is 0.240. The quantitative estimate of drug-likeness (QED) is 0.305. The lowest BCUT2D eigenvalue weighted by Crippen LogP contribution is -2.34. The van der Waals surface area contributed by atoms with Crippen LogP contribution in [0.4, 0.5) is 4.79 Å². The van der Waals surface area contributed by atoms with Gasteiger partial charge >= 0.3 is 6.03 Å². The first-order valence-corrected chi connectivity index (χ1v) is 10.1. The Bertz CT molecular complexity index is 1350. The maximum Gasteiger partial charge on any atom is 0.315 e. The number of carbonyl (C=O) groups excluding carboxylic acids is 1. The molecule has 2 aromatic carbocycles. The molecule has 4 aromatic rings. The minimum Gasteiger partial charge on any atom is -0.507 e. The topological polar surface area (TPSA) is 132 Å². The van der Waals surface area contributed by atoms with E-state index in [0.717, 1.165) is 17.4 Å². The van der Waals surface area contributed by atoms with Crippen LogP contribution in [0.15, 0.2) is 53.3 Å². The summed E-state index contributed by atoms with van der Waals surface area (Å²) in [5, 5.41) is 16.3. The number of ether oxygens (including phenoxy) is 1. The number of aromatic amines is 2. The zero-order valence-electron chi connectivity index (χ0n) is 17.0. The highest BCUT2D eigenvalue weighted by Crippen LogP contribution is 2.30. The fourth-order valence-corrected chi connectivity index (χ4v) is 3.51. The van der Waals surface area contributed by atoms with Crippen LogP contribution in [0.1, 0.15) is 11.4 Å². The lowest BCUT2D eigenvalue weighted by atomic mass is 10.1. The molecule has 2 aromatic heterocycles. The maximum absolute atomic E-state index is 12.1. The summed E-state index contributed by atoms with van der Waals surface area (Å²) in [6, 6.07) is 13.2. The number of carbonyl (C=O) groups is 1. The summed E-state index contributed by atoms with van der Waals surface area (Å²) in [7, 11) is 1.59. The summed E-state index contributed by atoms with van der Waals surface area (Å²) in [6.07, 6.45) is 0. The van der Waals surface area contributed by atoms with Crippen molar-refractivity contribution in [2.45, 2.75) is 13.1 Å². The molecule has 0 saturated carbocycles. The van der Waals surface area contributed by atoms with Crippen molar-refractivity contribution in [3.8, 4) is 22.8 Å². The molecule has 0 unspecified atom stereocenters. The molecule has 4 rings (SSSR count). The van der Waals surface area contributed by atoms with Crippen LogP contribution in [-0.2, 0) is 13.1 Å². The second kappa shape index (κ2) is 9.03. The van der Waals surface area contributed by atoms with Crippen molar-refractivity contribution in [3.63, 3.8) is 0 Å². The zero-order chi connectivity index (χ0) is 22.7. The van der Waals surface area contributed by atoms with Gasteiger partial charge in [-0.1, -0.05) is 29.8 Å². The van der Waals surface area contributed by atoms with E-state index in [1.807, 2.05) is 24.3 Å². The minimum atomic E-state index is -0.390. The van der Waals surface area contributed by atoms with Gasteiger partial charge in [0.2, 0.25) is 0 Å². The number of urea groups is 1. The third-order valence-corrected chi connectivity index (χ3v) is 5.08. The van der Waals surface area contributed by atoms with E-state index in [2.05, 4.69) is 25.6 Å². The van der Waals surface area contributed by atoms with Crippen molar-refractivity contribution in [2.24, 2.45) is 0 Å². The van der Waals surface area contributed by atoms with E-state index in [4.69, 9.17) is 16.3 Å². The fourth-order valence-electron chi connectivity index (χ4n) is 3.25. The van der Waals surface area contributed by atoms with Crippen molar-refractivity contribution in [2.75, 3.05) is 7.11 Å². The van der Waals surface area contributed by atoms with Crippen LogP contribution >= 0.6 is 11.6 Å². The van der Waals surface area contributed by atoms with Gasteiger partial charge in [0.1, 0.15) is 28.2 Å². The highest BCUT2D eigenvalue weighted by molar-refractivity contribution is 6.32. The third kappa shape index (κ3) is 4.68. The first-order valence-electron chi connectivity index (χ1n) is 9.68. The molecule has 0 saturated heterocycles. The van der Waals surface area contributed by atoms with Gasteiger partial charge in [-0.2, -0.15) is 0 Å². The van der Waals surface area contributed by atoms with Crippen molar-refractivity contribution in [1.29, 1.82) is 0 Å². The molecule has 0 spiro atoms. The van der Waals surface area contributed by atoms with E-state index in [-0.39, 0.29) is 18.3 Å². The predicted molar refractivity (Wildman–Crippen MR) is 121 cm³/mol. The minimum absolute atomic E-state index is 0.133. The number of fused-ring (bicyclic) bond motifs is 1. The molecule has 0 aliphatic rings. The Morgan fingerprint density at radius 3 is 2.75 bits per heavy atom. The molecule has 0 fully saturated rings. The summed E-state index contributed by atoms with van der Waals surface area (Å²) in [6.45, 7) is 0.478. The lowest BCUT2D eigenvalue weighted by Gasteiger charge is -2.07. The van der Waals surface area contributed by atoms with E-state index in [9.17, 15) is 14.7 Å². The van der Waals surface area contributed by atoms with Crippen LogP contribution < -0.4 is 20.9 Å². The summed E-state index contributed by atoms with van der Waals surface area (Å²) in [5.41, 5.74) is 2.13. The Labute approximate surface area is 187 Å². The van der Waals surface area contributed by atoms with Gasteiger partial charge in [-0.15, -0.1) is 0 Å².